The number of aryl methyl sites for hydroxylation is 2. The summed E-state index contributed by atoms with van der Waals surface area (Å²) in [4.78, 5) is 0. The van der Waals surface area contributed by atoms with Crippen LogP contribution >= 0.6 is 0 Å². The van der Waals surface area contributed by atoms with Gasteiger partial charge >= 0.3 is 0 Å². The first-order chi connectivity index (χ1) is 9.72. The van der Waals surface area contributed by atoms with Gasteiger partial charge < -0.3 is 4.74 Å². The Kier molecular flexibility index (Phi) is 3.58. The zero-order chi connectivity index (χ0) is 13.9. The van der Waals surface area contributed by atoms with E-state index >= 15 is 0 Å². The molecule has 0 aromatic heterocycles. The van der Waals surface area contributed by atoms with E-state index in [4.69, 9.17) is 4.74 Å². The van der Waals surface area contributed by atoms with E-state index < -0.39 is 0 Å². The standard InChI is InChI=1S/C19H18O/c1-14-4-3-5-16(12-14)7-9-19-18-8-6-15(2)13-17(18)10-11-20-19/h3-6,8,12-13,19H,10-11H2,1-2H3/t19-/m1/s1. The third kappa shape index (κ3) is 2.76. The molecule has 0 spiro atoms. The summed E-state index contributed by atoms with van der Waals surface area (Å²) in [5, 5.41) is 0. The largest absolute Gasteiger partial charge is 0.360 e. The van der Waals surface area contributed by atoms with E-state index in [2.05, 4.69) is 56.0 Å². The normalized spacial score (nSPS) is 17.0. The molecule has 0 fully saturated rings. The number of fused-ring (bicyclic) bond motifs is 1. The third-order valence-corrected chi connectivity index (χ3v) is 3.60. The van der Waals surface area contributed by atoms with Gasteiger partial charge in [0.15, 0.2) is 0 Å². The SMILES string of the molecule is Cc1cccc(C#C[C@H]2OCCc3cc(C)ccc32)c1. The fraction of sp³-hybridized carbons (Fsp3) is 0.263. The van der Waals surface area contributed by atoms with Crippen molar-refractivity contribution in [1.29, 1.82) is 0 Å². The predicted molar refractivity (Wildman–Crippen MR) is 81.6 cm³/mol. The van der Waals surface area contributed by atoms with Crippen molar-refractivity contribution >= 4 is 0 Å². The summed E-state index contributed by atoms with van der Waals surface area (Å²) in [7, 11) is 0. The molecule has 1 heterocycles. The van der Waals surface area contributed by atoms with E-state index in [1.807, 2.05) is 12.1 Å². The first-order valence-electron chi connectivity index (χ1n) is 7.01. The number of hydrogen-bond donors (Lipinski definition) is 0. The van der Waals surface area contributed by atoms with Gasteiger partial charge in [0.2, 0.25) is 0 Å². The Hall–Kier alpha value is -2.04. The molecule has 0 aliphatic carbocycles. The molecule has 0 amide bonds. The minimum atomic E-state index is -0.0973. The second kappa shape index (κ2) is 5.53. The van der Waals surface area contributed by atoms with E-state index in [9.17, 15) is 0 Å². The zero-order valence-electron chi connectivity index (χ0n) is 11.9. The van der Waals surface area contributed by atoms with Gasteiger partial charge in [0.1, 0.15) is 6.10 Å². The molecule has 1 aliphatic heterocycles. The molecule has 0 bridgehead atoms. The van der Waals surface area contributed by atoms with Gasteiger partial charge in [-0.1, -0.05) is 47.7 Å². The predicted octanol–water partition coefficient (Wildman–Crippen LogP) is 3.97. The highest BCUT2D eigenvalue weighted by Crippen LogP contribution is 2.27. The first-order valence-corrected chi connectivity index (χ1v) is 7.01. The average Bonchev–Trinajstić information content (AvgIpc) is 2.44. The van der Waals surface area contributed by atoms with Gasteiger partial charge in [0.05, 0.1) is 6.61 Å². The topological polar surface area (TPSA) is 9.23 Å². The molecular formula is C19H18O. The summed E-state index contributed by atoms with van der Waals surface area (Å²) in [5.41, 5.74) is 6.18. The number of rotatable bonds is 0. The number of benzene rings is 2. The van der Waals surface area contributed by atoms with Crippen molar-refractivity contribution in [3.05, 3.63) is 70.3 Å². The highest BCUT2D eigenvalue weighted by atomic mass is 16.5. The van der Waals surface area contributed by atoms with Crippen LogP contribution in [0.25, 0.3) is 0 Å². The van der Waals surface area contributed by atoms with Crippen LogP contribution in [0.3, 0.4) is 0 Å². The lowest BCUT2D eigenvalue weighted by Crippen LogP contribution is -2.15. The lowest BCUT2D eigenvalue weighted by Gasteiger charge is -2.22. The van der Waals surface area contributed by atoms with Crippen LogP contribution in [-0.4, -0.2) is 6.61 Å². The van der Waals surface area contributed by atoms with Crippen molar-refractivity contribution < 1.29 is 4.74 Å². The number of ether oxygens (including phenoxy) is 1. The molecule has 0 saturated heterocycles. The lowest BCUT2D eigenvalue weighted by molar-refractivity contribution is 0.0813. The monoisotopic (exact) mass is 262 g/mol. The summed E-state index contributed by atoms with van der Waals surface area (Å²) in [6.45, 7) is 4.97. The molecule has 0 unspecified atom stereocenters. The molecule has 2 aromatic rings. The maximum Gasteiger partial charge on any atom is 0.144 e. The Morgan fingerprint density at radius 3 is 2.75 bits per heavy atom. The molecule has 0 N–H and O–H groups in total. The van der Waals surface area contributed by atoms with Crippen molar-refractivity contribution in [2.24, 2.45) is 0 Å². The molecule has 1 heteroatoms. The van der Waals surface area contributed by atoms with E-state index in [-0.39, 0.29) is 6.10 Å². The molecule has 0 saturated carbocycles. The molecule has 1 aliphatic rings. The van der Waals surface area contributed by atoms with E-state index in [0.29, 0.717) is 0 Å². The summed E-state index contributed by atoms with van der Waals surface area (Å²) >= 11 is 0. The van der Waals surface area contributed by atoms with Crippen molar-refractivity contribution in [3.63, 3.8) is 0 Å². The fourth-order valence-corrected chi connectivity index (χ4v) is 2.57. The quantitative estimate of drug-likeness (QED) is 0.653. The Morgan fingerprint density at radius 1 is 1.05 bits per heavy atom. The fourth-order valence-electron chi connectivity index (χ4n) is 2.57. The molecule has 1 atom stereocenters. The van der Waals surface area contributed by atoms with Gasteiger partial charge in [-0.2, -0.15) is 0 Å². The molecule has 2 aromatic carbocycles. The minimum Gasteiger partial charge on any atom is -0.360 e. The van der Waals surface area contributed by atoms with Crippen molar-refractivity contribution in [2.75, 3.05) is 6.61 Å². The van der Waals surface area contributed by atoms with Crippen LogP contribution in [0.2, 0.25) is 0 Å². The van der Waals surface area contributed by atoms with Gasteiger partial charge in [-0.3, -0.25) is 0 Å². The van der Waals surface area contributed by atoms with Crippen LogP contribution in [0.1, 0.15) is 33.9 Å². The molecule has 0 radical (unpaired) electrons. The minimum absolute atomic E-state index is 0.0973. The molecule has 20 heavy (non-hydrogen) atoms. The van der Waals surface area contributed by atoms with Gasteiger partial charge in [0, 0.05) is 5.56 Å². The van der Waals surface area contributed by atoms with Crippen LogP contribution < -0.4 is 0 Å². The second-order valence-corrected chi connectivity index (χ2v) is 5.34. The van der Waals surface area contributed by atoms with E-state index in [1.165, 1.54) is 22.3 Å². The first kappa shape index (κ1) is 13.0. The molecule has 1 nitrogen and oxygen atoms in total. The molecular weight excluding hydrogens is 244 g/mol. The van der Waals surface area contributed by atoms with Gasteiger partial charge in [0.25, 0.3) is 0 Å². The van der Waals surface area contributed by atoms with Crippen LogP contribution in [-0.2, 0) is 11.2 Å². The Balaban J connectivity index is 1.91. The van der Waals surface area contributed by atoms with Gasteiger partial charge in [-0.05, 0) is 49.1 Å². The summed E-state index contributed by atoms with van der Waals surface area (Å²) < 4.78 is 5.82. The Bertz CT molecular complexity index is 688. The van der Waals surface area contributed by atoms with Crippen LogP contribution in [0.15, 0.2) is 42.5 Å². The summed E-state index contributed by atoms with van der Waals surface area (Å²) in [6, 6.07) is 14.8. The number of hydrogen-bond acceptors (Lipinski definition) is 1. The lowest BCUT2D eigenvalue weighted by atomic mass is 9.96. The van der Waals surface area contributed by atoms with Crippen LogP contribution in [0.4, 0.5) is 0 Å². The third-order valence-electron chi connectivity index (χ3n) is 3.60. The summed E-state index contributed by atoms with van der Waals surface area (Å²) in [5.74, 6) is 6.50. The van der Waals surface area contributed by atoms with Crippen molar-refractivity contribution in [2.45, 2.75) is 26.4 Å². The average molecular weight is 262 g/mol. The van der Waals surface area contributed by atoms with Gasteiger partial charge in [-0.15, -0.1) is 0 Å². The molecule has 100 valence electrons. The smallest absolute Gasteiger partial charge is 0.144 e. The highest BCUT2D eigenvalue weighted by Gasteiger charge is 2.18. The maximum absolute atomic E-state index is 5.82. The van der Waals surface area contributed by atoms with E-state index in [1.54, 1.807) is 0 Å². The van der Waals surface area contributed by atoms with Crippen molar-refractivity contribution in [1.82, 2.24) is 0 Å². The maximum atomic E-state index is 5.82. The van der Waals surface area contributed by atoms with Gasteiger partial charge in [-0.25, -0.2) is 0 Å². The highest BCUT2D eigenvalue weighted by molar-refractivity contribution is 5.42. The Morgan fingerprint density at radius 2 is 1.90 bits per heavy atom. The second-order valence-electron chi connectivity index (χ2n) is 5.34. The van der Waals surface area contributed by atoms with Crippen LogP contribution in [0.5, 0.6) is 0 Å². The zero-order valence-corrected chi connectivity index (χ0v) is 11.9. The van der Waals surface area contributed by atoms with E-state index in [0.717, 1.165) is 18.6 Å². The van der Waals surface area contributed by atoms with Crippen LogP contribution in [0, 0.1) is 25.7 Å². The summed E-state index contributed by atoms with van der Waals surface area (Å²) in [6.07, 6.45) is 0.888. The molecule has 3 rings (SSSR count). The Labute approximate surface area is 120 Å². The van der Waals surface area contributed by atoms with Crippen molar-refractivity contribution in [3.8, 4) is 11.8 Å².